The van der Waals surface area contributed by atoms with Gasteiger partial charge in [0.25, 0.3) is 0 Å². The number of unbranched alkanes of at least 4 members (excludes halogenated alkanes) is 19. The van der Waals surface area contributed by atoms with Crippen molar-refractivity contribution < 1.29 is 92.0 Å². The Kier molecular flexibility index (Phi) is 58.7. The lowest BCUT2D eigenvalue weighted by molar-refractivity contribution is -0.137. The molecule has 0 saturated heterocycles. The van der Waals surface area contributed by atoms with Gasteiger partial charge in [-0.15, -0.1) is 0 Å². The van der Waals surface area contributed by atoms with Gasteiger partial charge in [-0.25, -0.2) is 0 Å². The minimum atomic E-state index is -1.84. The van der Waals surface area contributed by atoms with Gasteiger partial charge >= 0.3 is 0 Å². The van der Waals surface area contributed by atoms with Crippen LogP contribution in [-0.4, -0.2) is 247 Å². The molecule has 132 heavy (non-hydrogen) atoms. The number of aromatic amines is 1. The average molecular weight is 1860 g/mol. The number of nitrogens with two attached hydrogens (primary N) is 5. The van der Waals surface area contributed by atoms with Crippen molar-refractivity contribution in [2.24, 2.45) is 34.6 Å². The van der Waals surface area contributed by atoms with Crippen LogP contribution in [0, 0.1) is 5.92 Å². The average Bonchev–Trinajstić information content (AvgIpc) is 1.66. The van der Waals surface area contributed by atoms with E-state index in [9.17, 15) is 92.0 Å². The molecule has 0 fully saturated rings. The number of aliphatic hydroxyl groups is 2. The van der Waals surface area contributed by atoms with Crippen molar-refractivity contribution >= 4 is 105 Å². The highest BCUT2D eigenvalue weighted by molar-refractivity contribution is 6.00. The van der Waals surface area contributed by atoms with E-state index < -0.39 is 181 Å². The van der Waals surface area contributed by atoms with Crippen LogP contribution in [0.3, 0.4) is 0 Å². The molecular formula is C92H155N21O19. The van der Waals surface area contributed by atoms with Crippen LogP contribution in [0.4, 0.5) is 0 Å². The third-order valence-electron chi connectivity index (χ3n) is 22.3. The number of rotatable bonds is 74. The van der Waals surface area contributed by atoms with Gasteiger partial charge < -0.3 is 129 Å². The molecule has 742 valence electrons. The number of benzene rings is 2. The molecule has 0 aliphatic carbocycles. The normalized spacial score (nSPS) is 14.0. The number of carbonyl (C=O) groups is 16. The smallest absolute Gasteiger partial charge is 0.245 e. The number of aromatic nitrogens is 1. The second kappa shape index (κ2) is 67.3. The minimum absolute atomic E-state index is 0.00537. The highest BCUT2D eigenvalue weighted by Crippen LogP contribution is 2.22. The van der Waals surface area contributed by atoms with Crippen molar-refractivity contribution in [1.29, 1.82) is 0 Å². The third kappa shape index (κ3) is 48.5. The Morgan fingerprint density at radius 3 is 1.36 bits per heavy atom. The summed E-state index contributed by atoms with van der Waals surface area (Å²) in [6.45, 7) is 7.48. The standard InChI is InChI=1S/C92H155N21O19/c1-7-8-9-10-11-12-13-14-15-16-17-18-21-40-77(118)99-49-33-28-39-70(86(126)107-67(82(97)122)36-25-29-46-93)109-87(127)69(38-27-31-48-95)108-85(125)68(37-26-30-47-94)104-78(119)41-22-19-20-32-50-100-84(124)72(52-62-42-44-64(116)45-43-62)105-80(121)57-102-83(123)60(4)103-91(131)75(58-114)112-89(129)74(54-76(96)117)110-88(128)71(51-59(2)3)111-92(132)81(61(5)115)113-90(130)73(106-79(120)56-98-6)53-63-55-101-66-35-24-23-34-65(63)66/h23-24,34-35,42-45,55,59-61,67-75,81,98,101,114-116H,7-22,25-33,36-41,46-54,56-58,93-95H2,1-6H3,(H2,96,117)(H2,97,122)(H,99,118)(H,100,124)(H,102,123)(H,103,131)(H,104,119)(H,105,121)(H,106,120)(H,107,126)(H,108,125)(H,109,127)(H,110,128)(H,111,132)(H,112,129)(H,113,130)/t60-,61+,67+,68+,69+,70-,71-,72-,73-,74-,75-,81-/m0/s1. The molecular weight excluding hydrogens is 1700 g/mol. The maximum Gasteiger partial charge on any atom is 0.245 e. The topological polar surface area (TPSA) is 660 Å². The van der Waals surface area contributed by atoms with Crippen LogP contribution in [0.2, 0.25) is 0 Å². The van der Waals surface area contributed by atoms with Crippen molar-refractivity contribution in [2.75, 3.05) is 59.5 Å². The number of H-pyrrole nitrogens is 1. The van der Waals surface area contributed by atoms with Gasteiger partial charge in [0, 0.05) is 55.9 Å². The molecule has 0 unspecified atom stereocenters. The zero-order chi connectivity index (χ0) is 97.7. The molecule has 0 bridgehead atoms. The van der Waals surface area contributed by atoms with Crippen molar-refractivity contribution in [2.45, 2.75) is 332 Å². The van der Waals surface area contributed by atoms with Gasteiger partial charge in [-0.1, -0.05) is 141 Å². The van der Waals surface area contributed by atoms with E-state index in [0.717, 1.165) is 36.6 Å². The molecule has 40 heteroatoms. The fraction of sp³-hybridized carbons (Fsp3) is 0.674. The first kappa shape index (κ1) is 115. The van der Waals surface area contributed by atoms with E-state index in [-0.39, 0.29) is 82.0 Å². The summed E-state index contributed by atoms with van der Waals surface area (Å²) in [5.41, 5.74) is 30.5. The predicted octanol–water partition coefficient (Wildman–Crippen LogP) is 0.348. The molecule has 2 aromatic carbocycles. The van der Waals surface area contributed by atoms with E-state index >= 15 is 0 Å². The molecule has 3 aromatic rings. The molecule has 0 aliphatic heterocycles. The number of primary amides is 2. The molecule has 3 rings (SSSR count). The van der Waals surface area contributed by atoms with Crippen LogP contribution >= 0.6 is 0 Å². The van der Waals surface area contributed by atoms with Crippen LogP contribution in [0.5, 0.6) is 5.75 Å². The second-order valence-electron chi connectivity index (χ2n) is 34.4. The largest absolute Gasteiger partial charge is 0.508 e. The van der Waals surface area contributed by atoms with Crippen molar-refractivity contribution in [3.63, 3.8) is 0 Å². The molecule has 12 atom stereocenters. The van der Waals surface area contributed by atoms with E-state index in [1.165, 1.54) is 103 Å². The lowest BCUT2D eigenvalue weighted by Gasteiger charge is -2.28. The minimum Gasteiger partial charge on any atom is -0.508 e. The first-order chi connectivity index (χ1) is 63.2. The number of phenols is 1. The van der Waals surface area contributed by atoms with Gasteiger partial charge in [0.15, 0.2) is 0 Å². The SMILES string of the molecule is CCCCCCCCCCCCCCCC(=O)NCCCC[C@H](NC(=O)[C@@H](CCCCN)NC(=O)[C@@H](CCCCN)NC(=O)CCCCCCNC(=O)[C@H](Cc1ccc(O)cc1)NC(=O)CNC(=O)[C@H](C)NC(=O)[C@H](CO)NC(=O)[C@H](CC(N)=O)NC(=O)[C@H](CC(C)C)NC(=O)[C@@H](NC(=O)[C@H](Cc1c[nH]c2ccccc12)NC(=O)CNC)[C@@H](C)O)C(=O)N[C@H](CCCCN)C(N)=O. The maximum atomic E-state index is 14.4. The summed E-state index contributed by atoms with van der Waals surface area (Å²) < 4.78 is 0. The zero-order valence-electron chi connectivity index (χ0n) is 78.4. The molecule has 1 aromatic heterocycles. The quantitative estimate of drug-likeness (QED) is 0.0339. The van der Waals surface area contributed by atoms with Gasteiger partial charge in [-0.3, -0.25) is 76.7 Å². The van der Waals surface area contributed by atoms with Gasteiger partial charge in [-0.05, 0) is 179 Å². The van der Waals surface area contributed by atoms with E-state index in [1.807, 2.05) is 18.2 Å². The Morgan fingerprint density at radius 1 is 0.394 bits per heavy atom. The van der Waals surface area contributed by atoms with Gasteiger partial charge in [-0.2, -0.15) is 0 Å². The molecule has 1 heterocycles. The maximum absolute atomic E-state index is 14.4. The number of hydrogen-bond donors (Lipinski definition) is 24. The number of carbonyl (C=O) groups excluding carboxylic acids is 16. The van der Waals surface area contributed by atoms with Gasteiger partial charge in [0.2, 0.25) is 94.5 Å². The van der Waals surface area contributed by atoms with Crippen LogP contribution in [-0.2, 0) is 89.6 Å². The number of para-hydroxylation sites is 1. The lowest BCUT2D eigenvalue weighted by Crippen LogP contribution is -2.62. The molecule has 40 nitrogen and oxygen atoms in total. The monoisotopic (exact) mass is 1860 g/mol. The van der Waals surface area contributed by atoms with Crippen molar-refractivity contribution in [3.8, 4) is 5.75 Å². The number of phenolic OH excluding ortho intramolecular Hbond substituents is 1. The Labute approximate surface area is 776 Å². The third-order valence-corrected chi connectivity index (χ3v) is 22.3. The highest BCUT2D eigenvalue weighted by Gasteiger charge is 2.38. The lowest BCUT2D eigenvalue weighted by atomic mass is 10.0. The Hall–Kier alpha value is -10.9. The van der Waals surface area contributed by atoms with E-state index in [0.29, 0.717) is 121 Å². The summed E-state index contributed by atoms with van der Waals surface area (Å²) >= 11 is 0. The fourth-order valence-electron chi connectivity index (χ4n) is 14.8. The predicted molar refractivity (Wildman–Crippen MR) is 501 cm³/mol. The molecule has 0 aliphatic rings. The summed E-state index contributed by atoms with van der Waals surface area (Å²) in [6.07, 6.45) is 21.2. The van der Waals surface area contributed by atoms with Crippen LogP contribution in [0.15, 0.2) is 54.7 Å². The van der Waals surface area contributed by atoms with E-state index in [2.05, 4.69) is 91.7 Å². The fourth-order valence-corrected chi connectivity index (χ4v) is 14.8. The number of hydrogen-bond acceptors (Lipinski definition) is 23. The first-order valence-electron chi connectivity index (χ1n) is 47.3. The number of aromatic hydroxyl groups is 1. The van der Waals surface area contributed by atoms with Crippen molar-refractivity contribution in [1.82, 2.24) is 84.7 Å². The highest BCUT2D eigenvalue weighted by atomic mass is 16.3. The van der Waals surface area contributed by atoms with Crippen LogP contribution in [0.25, 0.3) is 10.9 Å². The molecule has 0 spiro atoms. The summed E-state index contributed by atoms with van der Waals surface area (Å²) in [5, 5.41) is 71.0. The molecule has 16 amide bonds. The number of aliphatic hydroxyl groups excluding tert-OH is 2. The molecule has 0 saturated carbocycles. The number of likely N-dealkylation sites (N-methyl/N-ethyl adjacent to an activating group) is 1. The van der Waals surface area contributed by atoms with Crippen LogP contribution in [0.1, 0.15) is 258 Å². The van der Waals surface area contributed by atoms with Crippen LogP contribution < -0.4 is 108 Å². The summed E-state index contributed by atoms with van der Waals surface area (Å²) in [4.78, 5) is 220. The Morgan fingerprint density at radius 2 is 0.826 bits per heavy atom. The van der Waals surface area contributed by atoms with Crippen molar-refractivity contribution in [3.05, 3.63) is 65.9 Å². The number of fused-ring (bicyclic) bond motifs is 1. The van der Waals surface area contributed by atoms with Gasteiger partial charge in [0.1, 0.15) is 72.2 Å². The summed E-state index contributed by atoms with van der Waals surface area (Å²) in [6, 6.07) is -2.26. The molecule has 29 N–H and O–H groups in total. The first-order valence-corrected chi connectivity index (χ1v) is 47.3. The Balaban J connectivity index is 1.61. The summed E-state index contributed by atoms with van der Waals surface area (Å²) in [5.74, 6) is -13.0. The Bertz CT molecular complexity index is 4020. The van der Waals surface area contributed by atoms with Gasteiger partial charge in [0.05, 0.1) is 32.2 Å². The number of amides is 16. The number of nitrogens with one attached hydrogen (secondary N) is 16. The second-order valence-corrected chi connectivity index (χ2v) is 34.4. The molecule has 0 radical (unpaired) electrons. The van der Waals surface area contributed by atoms with E-state index in [4.69, 9.17) is 28.7 Å². The summed E-state index contributed by atoms with van der Waals surface area (Å²) in [7, 11) is 1.53. The zero-order valence-corrected chi connectivity index (χ0v) is 78.4. The van der Waals surface area contributed by atoms with E-state index in [1.54, 1.807) is 26.1 Å².